The van der Waals surface area contributed by atoms with E-state index in [1.165, 1.54) is 18.2 Å². The maximum atomic E-state index is 11.9. The first kappa shape index (κ1) is 41.5. The molecule has 3 aromatic carbocycles. The van der Waals surface area contributed by atoms with Crippen molar-refractivity contribution >= 4 is 71.7 Å². The van der Waals surface area contributed by atoms with Gasteiger partial charge in [-0.05, 0) is 63.5 Å². The standard InChI is InChI=1S/C32H31N3O6S2Si.2O3S/c1-34(20-22-9-13-26(14-10-22)42(36,37)38)24-11-15-27-29(19-33)28-16-12-25(18-32(28)44(3,4)31(27)17-24)35(2)21-23-7-5-6-8-30(23)43(39,40)41;2*1-4(2)3/h5-18H,20-21H2,1-4H3,(H-,36,37,38,39,40,41);;/p+1. The summed E-state index contributed by atoms with van der Waals surface area (Å²) in [5.41, 5.74) is 5.55. The molecule has 0 saturated carbocycles. The maximum absolute atomic E-state index is 11.9. The Labute approximate surface area is 304 Å². The molecular formula is C32H32N3O12S4Si+. The quantitative estimate of drug-likeness (QED) is 0.198. The van der Waals surface area contributed by atoms with Crippen LogP contribution in [-0.2, 0) is 54.5 Å². The molecule has 0 unspecified atom stereocenters. The number of anilines is 1. The summed E-state index contributed by atoms with van der Waals surface area (Å²) in [5, 5.41) is 12.5. The summed E-state index contributed by atoms with van der Waals surface area (Å²) < 4.78 is 118. The predicted octanol–water partition coefficient (Wildman–Crippen LogP) is 2.33. The fraction of sp³-hybridized carbons (Fsp3) is 0.188. The molecule has 52 heavy (non-hydrogen) atoms. The van der Waals surface area contributed by atoms with Gasteiger partial charge in [0, 0.05) is 37.0 Å². The third-order valence-electron chi connectivity index (χ3n) is 8.18. The fourth-order valence-electron chi connectivity index (χ4n) is 5.79. The molecule has 0 spiro atoms. The zero-order chi connectivity index (χ0) is 39.2. The van der Waals surface area contributed by atoms with E-state index in [4.69, 9.17) is 25.3 Å². The average molecular weight is 807 g/mol. The number of fused-ring (bicyclic) bond motifs is 2. The summed E-state index contributed by atoms with van der Waals surface area (Å²) >= 11 is 0. The van der Waals surface area contributed by atoms with Crippen molar-refractivity contribution in [1.29, 1.82) is 5.26 Å². The van der Waals surface area contributed by atoms with Gasteiger partial charge < -0.3 is 4.90 Å². The Morgan fingerprint density at radius 3 is 1.96 bits per heavy atom. The Morgan fingerprint density at radius 2 is 1.42 bits per heavy atom. The van der Waals surface area contributed by atoms with Crippen molar-refractivity contribution in [3.05, 3.63) is 112 Å². The molecule has 0 bridgehead atoms. The summed E-state index contributed by atoms with van der Waals surface area (Å²) in [4.78, 5) is 1.64. The highest BCUT2D eigenvalue weighted by atomic mass is 32.2. The van der Waals surface area contributed by atoms with Crippen LogP contribution >= 0.6 is 0 Å². The lowest BCUT2D eigenvalue weighted by Gasteiger charge is -2.36. The van der Waals surface area contributed by atoms with E-state index < -0.39 is 49.5 Å². The summed E-state index contributed by atoms with van der Waals surface area (Å²) in [6, 6.07) is 20.8. The second-order valence-corrected chi connectivity index (χ2v) is 19.8. The van der Waals surface area contributed by atoms with Crippen molar-refractivity contribution in [3.63, 3.8) is 0 Å². The second kappa shape index (κ2) is 16.6. The van der Waals surface area contributed by atoms with Crippen molar-refractivity contribution in [3.8, 4) is 6.07 Å². The first-order chi connectivity index (χ1) is 24.1. The Hall–Kier alpha value is -4.88. The molecule has 0 radical (unpaired) electrons. The van der Waals surface area contributed by atoms with E-state index >= 15 is 0 Å². The number of nitriles is 1. The lowest BCUT2D eigenvalue weighted by molar-refractivity contribution is -0.512. The molecule has 1 aliphatic heterocycles. The monoisotopic (exact) mass is 806 g/mol. The third-order valence-corrected chi connectivity index (χ3v) is 13.5. The molecule has 2 aliphatic rings. The van der Waals surface area contributed by atoms with Crippen LogP contribution in [0, 0.1) is 11.3 Å². The Bertz CT molecular complexity index is 2500. The highest BCUT2D eigenvalue weighted by Crippen LogP contribution is 2.39. The summed E-state index contributed by atoms with van der Waals surface area (Å²) in [7, 11) is -13.4. The van der Waals surface area contributed by atoms with E-state index in [0.717, 1.165) is 38.5 Å². The molecule has 0 fully saturated rings. The van der Waals surface area contributed by atoms with Crippen LogP contribution in [0.2, 0.25) is 13.1 Å². The topological polar surface area (TPSA) is 241 Å². The molecule has 0 amide bonds. The molecule has 0 atom stereocenters. The number of nitrogens with zero attached hydrogens (tertiary/aromatic N) is 3. The van der Waals surface area contributed by atoms with Crippen molar-refractivity contribution < 1.29 is 55.8 Å². The summed E-state index contributed by atoms with van der Waals surface area (Å²) in [6.07, 6.45) is 6.10. The van der Waals surface area contributed by atoms with Gasteiger partial charge >= 0.3 is 21.2 Å². The molecule has 0 saturated heterocycles. The third kappa shape index (κ3) is 10.3. The Balaban J connectivity index is 0.000000827. The van der Waals surface area contributed by atoms with Crippen LogP contribution in [0.25, 0.3) is 5.57 Å². The molecular weight excluding hydrogens is 775 g/mol. The predicted molar refractivity (Wildman–Crippen MR) is 192 cm³/mol. The Kier molecular flexibility index (Phi) is 13.3. The van der Waals surface area contributed by atoms with Gasteiger partial charge in [0.25, 0.3) is 20.2 Å². The highest BCUT2D eigenvalue weighted by molar-refractivity contribution is 7.86. The van der Waals surface area contributed by atoms with Gasteiger partial charge in [0.2, 0.25) is 0 Å². The van der Waals surface area contributed by atoms with E-state index in [-0.39, 0.29) is 16.3 Å². The lowest BCUT2D eigenvalue weighted by atomic mass is 9.95. The fourth-order valence-corrected chi connectivity index (χ4v) is 10.1. The molecule has 20 heteroatoms. The number of hydrogen-bond donors (Lipinski definition) is 2. The van der Waals surface area contributed by atoms with Crippen LogP contribution in [0.1, 0.15) is 16.7 Å². The molecule has 1 heterocycles. The van der Waals surface area contributed by atoms with Gasteiger partial charge in [0.15, 0.2) is 12.3 Å². The van der Waals surface area contributed by atoms with E-state index in [1.807, 2.05) is 47.9 Å². The summed E-state index contributed by atoms with van der Waals surface area (Å²) in [6.45, 7) is 5.24. The van der Waals surface area contributed by atoms with Crippen molar-refractivity contribution in [2.45, 2.75) is 36.0 Å². The van der Waals surface area contributed by atoms with E-state index in [0.29, 0.717) is 17.7 Å². The van der Waals surface area contributed by atoms with E-state index in [9.17, 15) is 31.2 Å². The smallest absolute Gasteiger partial charge is 0.370 e. The first-order valence-corrected chi connectivity index (χ1v) is 22.6. The zero-order valence-electron chi connectivity index (χ0n) is 27.9. The number of hydrogen-bond acceptors (Lipinski definition) is 12. The average Bonchev–Trinajstić information content (AvgIpc) is 3.04. The first-order valence-electron chi connectivity index (χ1n) is 14.7. The minimum Gasteiger partial charge on any atom is -0.370 e. The van der Waals surface area contributed by atoms with Gasteiger partial charge in [-0.15, -0.1) is 25.3 Å². The van der Waals surface area contributed by atoms with Crippen LogP contribution < -0.4 is 10.1 Å². The van der Waals surface area contributed by atoms with Gasteiger partial charge in [-0.25, -0.2) is 4.58 Å². The van der Waals surface area contributed by atoms with Crippen LogP contribution in [0.5, 0.6) is 0 Å². The maximum Gasteiger partial charge on any atom is 0.425 e. The molecule has 2 N–H and O–H groups in total. The van der Waals surface area contributed by atoms with Crippen LogP contribution in [-0.4, -0.2) is 83.7 Å². The van der Waals surface area contributed by atoms with Crippen molar-refractivity contribution in [2.75, 3.05) is 19.0 Å². The Morgan fingerprint density at radius 1 is 0.846 bits per heavy atom. The van der Waals surface area contributed by atoms with Crippen molar-refractivity contribution in [1.82, 2.24) is 0 Å². The van der Waals surface area contributed by atoms with Gasteiger partial charge in [0.05, 0.1) is 15.4 Å². The molecule has 274 valence electrons. The van der Waals surface area contributed by atoms with Gasteiger partial charge in [-0.1, -0.05) is 49.5 Å². The highest BCUT2D eigenvalue weighted by Gasteiger charge is 2.40. The van der Waals surface area contributed by atoms with Gasteiger partial charge in [-0.3, -0.25) is 9.11 Å². The molecule has 3 aromatic rings. The summed E-state index contributed by atoms with van der Waals surface area (Å²) in [5.74, 6) is 0. The molecule has 15 nitrogen and oxygen atoms in total. The van der Waals surface area contributed by atoms with Crippen LogP contribution in [0.4, 0.5) is 5.69 Å². The van der Waals surface area contributed by atoms with Crippen molar-refractivity contribution in [2.24, 2.45) is 0 Å². The van der Waals surface area contributed by atoms with E-state index in [2.05, 4.69) is 31.3 Å². The van der Waals surface area contributed by atoms with E-state index in [1.54, 1.807) is 30.3 Å². The molecule has 5 rings (SSSR count). The minimum atomic E-state index is -4.37. The number of benzene rings is 3. The van der Waals surface area contributed by atoms with Gasteiger partial charge in [0.1, 0.15) is 21.2 Å². The number of allylic oxidation sites excluding steroid dienone is 6. The van der Waals surface area contributed by atoms with Gasteiger partial charge in [-0.2, -0.15) is 22.1 Å². The molecule has 1 aliphatic carbocycles. The second-order valence-electron chi connectivity index (χ2n) is 11.9. The molecule has 0 aromatic heterocycles. The number of rotatable bonds is 7. The van der Waals surface area contributed by atoms with Crippen LogP contribution in [0.15, 0.2) is 106 Å². The van der Waals surface area contributed by atoms with Crippen LogP contribution in [0.3, 0.4) is 0 Å². The minimum absolute atomic E-state index is 0.125. The lowest BCUT2D eigenvalue weighted by Crippen LogP contribution is -2.49. The largest absolute Gasteiger partial charge is 0.425 e. The normalized spacial score (nSPS) is 15.2. The zero-order valence-corrected chi connectivity index (χ0v) is 32.2. The SMILES string of the molecule is CN(Cc1ccccc1S(=O)(=O)O)c1ccc2c(c1)[Si](C)(C)C1=CC(=[N+](C)Cc3ccc(S(=O)(=O)O)cc3)C=CC1=C2C#N.O=S(=O)=O.O=S(=O)=O.